The van der Waals surface area contributed by atoms with Gasteiger partial charge in [-0.3, -0.25) is 9.78 Å². The van der Waals surface area contributed by atoms with Gasteiger partial charge in [0.1, 0.15) is 11.5 Å². The van der Waals surface area contributed by atoms with Gasteiger partial charge in [-0.05, 0) is 38.1 Å². The van der Waals surface area contributed by atoms with Gasteiger partial charge >= 0.3 is 0 Å². The molecule has 5 heteroatoms. The van der Waals surface area contributed by atoms with Gasteiger partial charge in [0.15, 0.2) is 0 Å². The van der Waals surface area contributed by atoms with Gasteiger partial charge in [0.25, 0.3) is 5.91 Å². The highest BCUT2D eigenvalue weighted by molar-refractivity contribution is 5.93. The van der Waals surface area contributed by atoms with Gasteiger partial charge in [-0.2, -0.15) is 0 Å². The third-order valence-electron chi connectivity index (χ3n) is 2.68. The molecule has 0 aliphatic heterocycles. The minimum atomic E-state index is -0.170. The second kappa shape index (κ2) is 6.04. The summed E-state index contributed by atoms with van der Waals surface area (Å²) in [6.45, 7) is 4.45. The van der Waals surface area contributed by atoms with Gasteiger partial charge < -0.3 is 15.1 Å². The first kappa shape index (κ1) is 13.1. The molecule has 2 aromatic heterocycles. The standard InChI is InChI=1S/C14H17N3O2/c1-3-15-14(18)12-9-11(6-7-16-12)17-10(2)13-5-4-8-19-13/h4-10H,3H2,1-2H3,(H,15,18)(H,16,17). The molecule has 2 aromatic rings. The first-order chi connectivity index (χ1) is 9.20. The summed E-state index contributed by atoms with van der Waals surface area (Å²) in [5.74, 6) is 0.674. The second-order valence-corrected chi connectivity index (χ2v) is 4.17. The number of carbonyl (C=O) groups is 1. The van der Waals surface area contributed by atoms with Crippen molar-refractivity contribution in [1.82, 2.24) is 10.3 Å². The molecule has 2 rings (SSSR count). The smallest absolute Gasteiger partial charge is 0.269 e. The predicted molar refractivity (Wildman–Crippen MR) is 73.0 cm³/mol. The highest BCUT2D eigenvalue weighted by Gasteiger charge is 2.10. The number of pyridine rings is 1. The Labute approximate surface area is 112 Å². The number of nitrogens with one attached hydrogen (secondary N) is 2. The maximum Gasteiger partial charge on any atom is 0.269 e. The Morgan fingerprint density at radius 2 is 2.32 bits per heavy atom. The molecule has 0 saturated heterocycles. The SMILES string of the molecule is CCNC(=O)c1cc(NC(C)c2ccco2)ccn1. The molecule has 0 radical (unpaired) electrons. The van der Waals surface area contributed by atoms with Crippen molar-refractivity contribution in [3.63, 3.8) is 0 Å². The van der Waals surface area contributed by atoms with E-state index in [-0.39, 0.29) is 11.9 Å². The summed E-state index contributed by atoms with van der Waals surface area (Å²) < 4.78 is 5.33. The monoisotopic (exact) mass is 259 g/mol. The first-order valence-corrected chi connectivity index (χ1v) is 6.25. The molecule has 0 bridgehead atoms. The second-order valence-electron chi connectivity index (χ2n) is 4.17. The molecule has 1 unspecified atom stereocenters. The van der Waals surface area contributed by atoms with Crippen molar-refractivity contribution < 1.29 is 9.21 Å². The van der Waals surface area contributed by atoms with Crippen molar-refractivity contribution >= 4 is 11.6 Å². The van der Waals surface area contributed by atoms with Crippen LogP contribution in [0.15, 0.2) is 41.1 Å². The fourth-order valence-electron chi connectivity index (χ4n) is 1.75. The maximum absolute atomic E-state index is 11.7. The molecule has 0 aliphatic rings. The Morgan fingerprint density at radius 1 is 1.47 bits per heavy atom. The average Bonchev–Trinajstić information content (AvgIpc) is 2.93. The van der Waals surface area contributed by atoms with Crippen molar-refractivity contribution in [2.24, 2.45) is 0 Å². The minimum absolute atomic E-state index is 0.0273. The molecule has 0 aromatic carbocycles. The van der Waals surface area contributed by atoms with Crippen molar-refractivity contribution in [3.8, 4) is 0 Å². The van der Waals surface area contributed by atoms with E-state index in [4.69, 9.17) is 4.42 Å². The lowest BCUT2D eigenvalue weighted by molar-refractivity contribution is 0.0951. The molecular formula is C14H17N3O2. The van der Waals surface area contributed by atoms with Crippen LogP contribution < -0.4 is 10.6 Å². The number of nitrogens with zero attached hydrogens (tertiary/aromatic N) is 1. The summed E-state index contributed by atoms with van der Waals surface area (Å²) in [6.07, 6.45) is 3.25. The number of carbonyl (C=O) groups excluding carboxylic acids is 1. The molecule has 100 valence electrons. The zero-order chi connectivity index (χ0) is 13.7. The Balaban J connectivity index is 2.09. The van der Waals surface area contributed by atoms with Crippen molar-refractivity contribution in [2.45, 2.75) is 19.9 Å². The molecule has 0 spiro atoms. The zero-order valence-electron chi connectivity index (χ0n) is 11.0. The minimum Gasteiger partial charge on any atom is -0.467 e. The van der Waals surface area contributed by atoms with Crippen LogP contribution in [0.25, 0.3) is 0 Å². The average molecular weight is 259 g/mol. The fourth-order valence-corrected chi connectivity index (χ4v) is 1.75. The number of aromatic nitrogens is 1. The lowest BCUT2D eigenvalue weighted by Crippen LogP contribution is -2.23. The highest BCUT2D eigenvalue weighted by Crippen LogP contribution is 2.19. The van der Waals surface area contributed by atoms with E-state index in [1.54, 1.807) is 18.5 Å². The van der Waals surface area contributed by atoms with Gasteiger partial charge in [-0.15, -0.1) is 0 Å². The van der Waals surface area contributed by atoms with Crippen LogP contribution in [0.1, 0.15) is 36.1 Å². The van der Waals surface area contributed by atoms with Crippen LogP contribution in [-0.4, -0.2) is 17.4 Å². The molecule has 0 fully saturated rings. The van der Waals surface area contributed by atoms with E-state index in [0.29, 0.717) is 12.2 Å². The summed E-state index contributed by atoms with van der Waals surface area (Å²) in [5, 5.41) is 5.99. The summed E-state index contributed by atoms with van der Waals surface area (Å²) in [4.78, 5) is 15.7. The molecule has 2 N–H and O–H groups in total. The number of hydrogen-bond acceptors (Lipinski definition) is 4. The number of furan rings is 1. The normalized spacial score (nSPS) is 11.9. The van der Waals surface area contributed by atoms with Crippen LogP contribution in [0.2, 0.25) is 0 Å². The maximum atomic E-state index is 11.7. The van der Waals surface area contributed by atoms with Crippen LogP contribution >= 0.6 is 0 Å². The third kappa shape index (κ3) is 3.34. The van der Waals surface area contributed by atoms with Crippen molar-refractivity contribution in [1.29, 1.82) is 0 Å². The Hall–Kier alpha value is -2.30. The van der Waals surface area contributed by atoms with Crippen LogP contribution in [0.5, 0.6) is 0 Å². The van der Waals surface area contributed by atoms with Crippen LogP contribution in [0.4, 0.5) is 5.69 Å². The van der Waals surface area contributed by atoms with E-state index < -0.39 is 0 Å². The van der Waals surface area contributed by atoms with Crippen LogP contribution in [-0.2, 0) is 0 Å². The Bertz CT molecular complexity index is 537. The number of hydrogen-bond donors (Lipinski definition) is 2. The summed E-state index contributed by atoms with van der Waals surface area (Å²) in [7, 11) is 0. The number of amides is 1. The number of rotatable bonds is 5. The van der Waals surface area contributed by atoms with Crippen LogP contribution in [0.3, 0.4) is 0 Å². The molecule has 0 saturated carbocycles. The van der Waals surface area contributed by atoms with Gasteiger partial charge in [0.05, 0.1) is 12.3 Å². The van der Waals surface area contributed by atoms with Gasteiger partial charge in [0.2, 0.25) is 0 Å². The summed E-state index contributed by atoms with van der Waals surface area (Å²) in [6, 6.07) is 7.33. The molecular weight excluding hydrogens is 242 g/mol. The molecule has 19 heavy (non-hydrogen) atoms. The molecule has 1 amide bonds. The third-order valence-corrected chi connectivity index (χ3v) is 2.68. The largest absolute Gasteiger partial charge is 0.467 e. The predicted octanol–water partition coefficient (Wildman–Crippen LogP) is 2.60. The lowest BCUT2D eigenvalue weighted by Gasteiger charge is -2.13. The molecule has 0 aliphatic carbocycles. The van der Waals surface area contributed by atoms with E-state index >= 15 is 0 Å². The molecule has 5 nitrogen and oxygen atoms in total. The molecule has 2 heterocycles. The van der Waals surface area contributed by atoms with E-state index in [9.17, 15) is 4.79 Å². The van der Waals surface area contributed by atoms with E-state index in [1.165, 1.54) is 0 Å². The van der Waals surface area contributed by atoms with E-state index in [1.807, 2.05) is 32.0 Å². The Kier molecular flexibility index (Phi) is 4.18. The summed E-state index contributed by atoms with van der Waals surface area (Å²) >= 11 is 0. The number of anilines is 1. The fraction of sp³-hybridized carbons (Fsp3) is 0.286. The van der Waals surface area contributed by atoms with Gasteiger partial charge in [-0.25, -0.2) is 0 Å². The van der Waals surface area contributed by atoms with Gasteiger partial charge in [-0.1, -0.05) is 0 Å². The van der Waals surface area contributed by atoms with Crippen LogP contribution in [0, 0.1) is 0 Å². The first-order valence-electron chi connectivity index (χ1n) is 6.25. The van der Waals surface area contributed by atoms with Crippen molar-refractivity contribution in [2.75, 3.05) is 11.9 Å². The highest BCUT2D eigenvalue weighted by atomic mass is 16.3. The summed E-state index contributed by atoms with van der Waals surface area (Å²) in [5.41, 5.74) is 1.23. The zero-order valence-corrected chi connectivity index (χ0v) is 11.0. The molecule has 1 atom stereocenters. The lowest BCUT2D eigenvalue weighted by atomic mass is 10.2. The van der Waals surface area contributed by atoms with Crippen molar-refractivity contribution in [3.05, 3.63) is 48.2 Å². The quantitative estimate of drug-likeness (QED) is 0.866. The topological polar surface area (TPSA) is 67.2 Å². The van der Waals surface area contributed by atoms with E-state index in [2.05, 4.69) is 15.6 Å². The van der Waals surface area contributed by atoms with E-state index in [0.717, 1.165) is 11.4 Å². The Morgan fingerprint density at radius 3 is 3.00 bits per heavy atom. The van der Waals surface area contributed by atoms with Gasteiger partial charge in [0, 0.05) is 18.4 Å².